The molecule has 0 aromatic heterocycles. The standard InChI is InChI=1S/C8H11NO/c1-5-3-4-6(2)8(10)7(5)9/h3-4,10H,9H2,1-2H3. The first-order valence-electron chi connectivity index (χ1n) is 3.17. The van der Waals surface area contributed by atoms with E-state index in [-0.39, 0.29) is 5.75 Å². The van der Waals surface area contributed by atoms with Crippen LogP contribution in [0.2, 0.25) is 0 Å². The quantitative estimate of drug-likeness (QED) is 0.421. The summed E-state index contributed by atoms with van der Waals surface area (Å²) in [6, 6.07) is 3.74. The molecule has 0 aliphatic heterocycles. The summed E-state index contributed by atoms with van der Waals surface area (Å²) in [5.41, 5.74) is 7.76. The lowest BCUT2D eigenvalue weighted by Crippen LogP contribution is -1.90. The molecular formula is C8H11NO. The van der Waals surface area contributed by atoms with Gasteiger partial charge < -0.3 is 10.8 Å². The van der Waals surface area contributed by atoms with Crippen LogP contribution in [0, 0.1) is 13.8 Å². The summed E-state index contributed by atoms with van der Waals surface area (Å²) in [6.07, 6.45) is 0. The van der Waals surface area contributed by atoms with Gasteiger partial charge in [0.15, 0.2) is 0 Å². The Morgan fingerprint density at radius 3 is 2.20 bits per heavy atom. The van der Waals surface area contributed by atoms with E-state index in [0.717, 1.165) is 11.1 Å². The van der Waals surface area contributed by atoms with E-state index in [9.17, 15) is 5.11 Å². The second-order valence-corrected chi connectivity index (χ2v) is 2.46. The third-order valence-corrected chi connectivity index (χ3v) is 1.64. The topological polar surface area (TPSA) is 46.2 Å². The number of rotatable bonds is 0. The van der Waals surface area contributed by atoms with Gasteiger partial charge in [-0.1, -0.05) is 12.1 Å². The third-order valence-electron chi connectivity index (χ3n) is 1.64. The maximum Gasteiger partial charge on any atom is 0.141 e. The fraction of sp³-hybridized carbons (Fsp3) is 0.250. The van der Waals surface area contributed by atoms with Crippen LogP contribution >= 0.6 is 0 Å². The highest BCUT2D eigenvalue weighted by Crippen LogP contribution is 2.26. The monoisotopic (exact) mass is 137 g/mol. The van der Waals surface area contributed by atoms with E-state index in [1.807, 2.05) is 26.0 Å². The number of phenolic OH excluding ortho intramolecular Hbond substituents is 1. The molecule has 0 bridgehead atoms. The lowest BCUT2D eigenvalue weighted by atomic mass is 10.1. The Morgan fingerprint density at radius 1 is 1.20 bits per heavy atom. The maximum absolute atomic E-state index is 9.26. The lowest BCUT2D eigenvalue weighted by Gasteiger charge is -2.04. The maximum atomic E-state index is 9.26. The third kappa shape index (κ3) is 0.923. The fourth-order valence-electron chi connectivity index (χ4n) is 0.818. The molecule has 0 aliphatic carbocycles. The Morgan fingerprint density at radius 2 is 1.70 bits per heavy atom. The zero-order chi connectivity index (χ0) is 7.72. The van der Waals surface area contributed by atoms with E-state index in [1.165, 1.54) is 0 Å². The van der Waals surface area contributed by atoms with Gasteiger partial charge in [-0.25, -0.2) is 0 Å². The molecule has 1 aromatic carbocycles. The molecule has 2 heteroatoms. The highest BCUT2D eigenvalue weighted by atomic mass is 16.3. The van der Waals surface area contributed by atoms with Crippen LogP contribution in [0.4, 0.5) is 5.69 Å². The van der Waals surface area contributed by atoms with Crippen LogP contribution in [0.5, 0.6) is 5.75 Å². The van der Waals surface area contributed by atoms with Crippen molar-refractivity contribution in [1.82, 2.24) is 0 Å². The largest absolute Gasteiger partial charge is 0.506 e. The number of aryl methyl sites for hydroxylation is 2. The second kappa shape index (κ2) is 2.21. The normalized spacial score (nSPS) is 9.80. The van der Waals surface area contributed by atoms with Crippen molar-refractivity contribution in [2.45, 2.75) is 13.8 Å². The molecule has 1 aromatic rings. The first kappa shape index (κ1) is 6.93. The second-order valence-electron chi connectivity index (χ2n) is 2.46. The van der Waals surface area contributed by atoms with Crippen LogP contribution < -0.4 is 5.73 Å². The van der Waals surface area contributed by atoms with Crippen LogP contribution in [-0.2, 0) is 0 Å². The number of hydrogen-bond donors (Lipinski definition) is 2. The molecule has 2 nitrogen and oxygen atoms in total. The van der Waals surface area contributed by atoms with Gasteiger partial charge in [0.1, 0.15) is 5.75 Å². The van der Waals surface area contributed by atoms with Crippen molar-refractivity contribution >= 4 is 5.69 Å². The van der Waals surface area contributed by atoms with E-state index < -0.39 is 0 Å². The molecule has 0 radical (unpaired) electrons. The molecular weight excluding hydrogens is 126 g/mol. The van der Waals surface area contributed by atoms with E-state index in [0.29, 0.717) is 5.69 Å². The minimum absolute atomic E-state index is 0.208. The summed E-state index contributed by atoms with van der Waals surface area (Å²) in [5, 5.41) is 9.26. The van der Waals surface area contributed by atoms with Crippen LogP contribution in [0.1, 0.15) is 11.1 Å². The lowest BCUT2D eigenvalue weighted by molar-refractivity contribution is 0.473. The predicted octanol–water partition coefficient (Wildman–Crippen LogP) is 1.59. The van der Waals surface area contributed by atoms with Gasteiger partial charge >= 0.3 is 0 Å². The SMILES string of the molecule is Cc1ccc(C)c(O)c1N. The molecule has 0 saturated heterocycles. The number of nitrogens with two attached hydrogens (primary N) is 1. The van der Waals surface area contributed by atoms with Crippen molar-refractivity contribution in [1.29, 1.82) is 0 Å². The molecule has 0 heterocycles. The molecule has 0 amide bonds. The Balaban J connectivity index is 3.34. The van der Waals surface area contributed by atoms with Crippen molar-refractivity contribution in [3.05, 3.63) is 23.3 Å². The molecule has 0 fully saturated rings. The summed E-state index contributed by atoms with van der Waals surface area (Å²) in [7, 11) is 0. The molecule has 0 spiro atoms. The van der Waals surface area contributed by atoms with Crippen molar-refractivity contribution < 1.29 is 5.11 Å². The van der Waals surface area contributed by atoms with E-state index in [2.05, 4.69) is 0 Å². The molecule has 1 rings (SSSR count). The highest BCUT2D eigenvalue weighted by molar-refractivity contribution is 5.60. The first-order chi connectivity index (χ1) is 4.63. The van der Waals surface area contributed by atoms with Gasteiger partial charge in [-0.3, -0.25) is 0 Å². The molecule has 0 aliphatic rings. The minimum Gasteiger partial charge on any atom is -0.506 e. The Labute approximate surface area is 60.3 Å². The van der Waals surface area contributed by atoms with Gasteiger partial charge in [0.2, 0.25) is 0 Å². The number of aromatic hydroxyl groups is 1. The van der Waals surface area contributed by atoms with Crippen LogP contribution in [0.3, 0.4) is 0 Å². The van der Waals surface area contributed by atoms with Crippen molar-refractivity contribution in [2.75, 3.05) is 5.73 Å². The van der Waals surface area contributed by atoms with Crippen molar-refractivity contribution in [2.24, 2.45) is 0 Å². The summed E-state index contributed by atoms with van der Waals surface area (Å²) >= 11 is 0. The van der Waals surface area contributed by atoms with E-state index in [4.69, 9.17) is 5.73 Å². The fourth-order valence-corrected chi connectivity index (χ4v) is 0.818. The van der Waals surface area contributed by atoms with Gasteiger partial charge in [0.05, 0.1) is 5.69 Å². The zero-order valence-corrected chi connectivity index (χ0v) is 6.18. The average molecular weight is 137 g/mol. The average Bonchev–Trinajstić information content (AvgIpc) is 1.93. The van der Waals surface area contributed by atoms with Crippen molar-refractivity contribution in [3.63, 3.8) is 0 Å². The Bertz CT molecular complexity index is 229. The number of hydrogen-bond acceptors (Lipinski definition) is 2. The Hall–Kier alpha value is -1.18. The smallest absolute Gasteiger partial charge is 0.141 e. The highest BCUT2D eigenvalue weighted by Gasteiger charge is 2.01. The van der Waals surface area contributed by atoms with Gasteiger partial charge in [-0.15, -0.1) is 0 Å². The first-order valence-corrected chi connectivity index (χ1v) is 3.17. The molecule has 0 atom stereocenters. The molecule has 0 unspecified atom stereocenters. The summed E-state index contributed by atoms with van der Waals surface area (Å²) in [5.74, 6) is 0.208. The molecule has 0 saturated carbocycles. The molecule has 3 N–H and O–H groups in total. The molecule has 10 heavy (non-hydrogen) atoms. The summed E-state index contributed by atoms with van der Waals surface area (Å²) < 4.78 is 0. The van der Waals surface area contributed by atoms with Gasteiger partial charge in [-0.05, 0) is 25.0 Å². The number of phenols is 1. The predicted molar refractivity (Wildman–Crippen MR) is 42.0 cm³/mol. The summed E-state index contributed by atoms with van der Waals surface area (Å²) in [6.45, 7) is 3.69. The van der Waals surface area contributed by atoms with Gasteiger partial charge in [0.25, 0.3) is 0 Å². The summed E-state index contributed by atoms with van der Waals surface area (Å²) in [4.78, 5) is 0. The number of anilines is 1. The van der Waals surface area contributed by atoms with Crippen LogP contribution in [-0.4, -0.2) is 5.11 Å². The zero-order valence-electron chi connectivity index (χ0n) is 6.18. The van der Waals surface area contributed by atoms with Gasteiger partial charge in [0, 0.05) is 0 Å². The van der Waals surface area contributed by atoms with Gasteiger partial charge in [-0.2, -0.15) is 0 Å². The minimum atomic E-state index is 0.208. The number of nitrogen functional groups attached to an aromatic ring is 1. The Kier molecular flexibility index (Phi) is 1.53. The van der Waals surface area contributed by atoms with Crippen molar-refractivity contribution in [3.8, 4) is 5.75 Å². The van der Waals surface area contributed by atoms with Crippen LogP contribution in [0.25, 0.3) is 0 Å². The molecule has 54 valence electrons. The number of benzene rings is 1. The van der Waals surface area contributed by atoms with E-state index in [1.54, 1.807) is 0 Å². The van der Waals surface area contributed by atoms with E-state index >= 15 is 0 Å². The van der Waals surface area contributed by atoms with Crippen LogP contribution in [0.15, 0.2) is 12.1 Å².